The van der Waals surface area contributed by atoms with Crippen LogP contribution in [0.5, 0.6) is 0 Å². The molecule has 0 aliphatic heterocycles. The first-order valence-corrected chi connectivity index (χ1v) is 5.60. The van der Waals surface area contributed by atoms with E-state index in [1.165, 1.54) is 37.8 Å². The Balaban J connectivity index is 1.51. The van der Waals surface area contributed by atoms with E-state index in [-0.39, 0.29) is 0 Å². The van der Waals surface area contributed by atoms with Crippen LogP contribution in [0.25, 0.3) is 0 Å². The van der Waals surface area contributed by atoms with Gasteiger partial charge in [0.25, 0.3) is 0 Å². The van der Waals surface area contributed by atoms with Crippen LogP contribution in [-0.2, 0) is 6.54 Å². The quantitative estimate of drug-likeness (QED) is 0.765. The van der Waals surface area contributed by atoms with Crippen LogP contribution in [0.4, 0.5) is 0 Å². The molecule has 0 bridgehead atoms. The molecule has 2 N–H and O–H groups in total. The lowest BCUT2D eigenvalue weighted by Gasteiger charge is -2.08. The number of aromatic amines is 1. The molecule has 2 aliphatic carbocycles. The summed E-state index contributed by atoms with van der Waals surface area (Å²) in [6.07, 6.45) is 10.8. The van der Waals surface area contributed by atoms with E-state index in [2.05, 4.69) is 15.3 Å². The molecule has 2 fully saturated rings. The molecule has 3 heteroatoms. The van der Waals surface area contributed by atoms with Gasteiger partial charge in [-0.25, -0.2) is 4.98 Å². The maximum absolute atomic E-state index is 4.01. The molecule has 3 nitrogen and oxygen atoms in total. The molecule has 1 aromatic heterocycles. The number of rotatable bonds is 3. The Morgan fingerprint density at radius 1 is 1.50 bits per heavy atom. The minimum atomic E-state index is 0.708. The van der Waals surface area contributed by atoms with Crippen molar-refractivity contribution in [3.63, 3.8) is 0 Å². The molecule has 76 valence electrons. The molecule has 0 amide bonds. The van der Waals surface area contributed by atoms with E-state index in [0.717, 1.165) is 12.6 Å². The van der Waals surface area contributed by atoms with Crippen molar-refractivity contribution in [3.05, 3.63) is 18.2 Å². The highest BCUT2D eigenvalue weighted by Gasteiger charge is 2.54. The standard InChI is InChI=1S/C11H17N3/c1-2-4-11(3-1)5-10(11)13-7-9-6-12-8-14-9/h6,8,10,13H,1-5,7H2,(H,12,14). The first-order valence-electron chi connectivity index (χ1n) is 5.60. The first-order chi connectivity index (χ1) is 6.89. The van der Waals surface area contributed by atoms with Crippen molar-refractivity contribution in [1.82, 2.24) is 15.3 Å². The second-order valence-corrected chi connectivity index (χ2v) is 4.78. The number of nitrogens with zero attached hydrogens (tertiary/aromatic N) is 1. The Morgan fingerprint density at radius 2 is 2.36 bits per heavy atom. The predicted octanol–water partition coefficient (Wildman–Crippen LogP) is 1.83. The van der Waals surface area contributed by atoms with Crippen molar-refractivity contribution < 1.29 is 0 Å². The molecule has 3 rings (SSSR count). The highest BCUT2D eigenvalue weighted by Crippen LogP contribution is 2.57. The highest BCUT2D eigenvalue weighted by atomic mass is 15.0. The fourth-order valence-corrected chi connectivity index (χ4v) is 2.88. The van der Waals surface area contributed by atoms with Crippen LogP contribution in [0, 0.1) is 5.41 Å². The molecule has 2 aliphatic rings. The van der Waals surface area contributed by atoms with Crippen LogP contribution in [0.15, 0.2) is 12.5 Å². The summed E-state index contributed by atoms with van der Waals surface area (Å²) in [7, 11) is 0. The van der Waals surface area contributed by atoms with E-state index in [1.807, 2.05) is 6.20 Å². The van der Waals surface area contributed by atoms with Gasteiger partial charge in [0.1, 0.15) is 0 Å². The van der Waals surface area contributed by atoms with Gasteiger partial charge < -0.3 is 10.3 Å². The van der Waals surface area contributed by atoms with E-state index in [4.69, 9.17) is 0 Å². The van der Waals surface area contributed by atoms with E-state index < -0.39 is 0 Å². The zero-order chi connectivity index (χ0) is 9.43. The number of H-pyrrole nitrogens is 1. The molecule has 0 saturated heterocycles. The SMILES string of the molecule is c1ncc(CNC2CC23CCCC3)[nH]1. The van der Waals surface area contributed by atoms with Gasteiger partial charge in [0.05, 0.1) is 6.33 Å². The Morgan fingerprint density at radius 3 is 3.07 bits per heavy atom. The van der Waals surface area contributed by atoms with Gasteiger partial charge in [-0.05, 0) is 24.7 Å². The van der Waals surface area contributed by atoms with Crippen LogP contribution < -0.4 is 5.32 Å². The summed E-state index contributed by atoms with van der Waals surface area (Å²) in [5, 5.41) is 3.62. The molecule has 2 saturated carbocycles. The molecule has 1 unspecified atom stereocenters. The largest absolute Gasteiger partial charge is 0.347 e. The summed E-state index contributed by atoms with van der Waals surface area (Å²) in [5.41, 5.74) is 1.91. The molecule has 14 heavy (non-hydrogen) atoms. The average Bonchev–Trinajstić information content (AvgIpc) is 2.63. The lowest BCUT2D eigenvalue weighted by Crippen LogP contribution is -2.21. The van der Waals surface area contributed by atoms with Gasteiger partial charge in [-0.15, -0.1) is 0 Å². The number of hydrogen-bond donors (Lipinski definition) is 2. The summed E-state index contributed by atoms with van der Waals surface area (Å²) in [4.78, 5) is 7.14. The highest BCUT2D eigenvalue weighted by molar-refractivity contribution is 5.10. The average molecular weight is 191 g/mol. The Labute approximate surface area is 84.3 Å². The minimum absolute atomic E-state index is 0.708. The zero-order valence-corrected chi connectivity index (χ0v) is 8.42. The normalized spacial score (nSPS) is 28.4. The van der Waals surface area contributed by atoms with Crippen LogP contribution >= 0.6 is 0 Å². The maximum Gasteiger partial charge on any atom is 0.0922 e. The smallest absolute Gasteiger partial charge is 0.0922 e. The van der Waals surface area contributed by atoms with Crippen LogP contribution in [-0.4, -0.2) is 16.0 Å². The molecular weight excluding hydrogens is 174 g/mol. The third-order valence-electron chi connectivity index (χ3n) is 3.88. The van der Waals surface area contributed by atoms with E-state index in [0.29, 0.717) is 5.41 Å². The van der Waals surface area contributed by atoms with Crippen LogP contribution in [0.3, 0.4) is 0 Å². The Bertz CT molecular complexity index is 298. The third kappa shape index (κ3) is 1.36. The Kier molecular flexibility index (Phi) is 1.87. The van der Waals surface area contributed by atoms with Crippen molar-refractivity contribution in [2.75, 3.05) is 0 Å². The molecular formula is C11H17N3. The van der Waals surface area contributed by atoms with E-state index >= 15 is 0 Å². The third-order valence-corrected chi connectivity index (χ3v) is 3.88. The molecule has 0 aromatic carbocycles. The fraction of sp³-hybridized carbons (Fsp3) is 0.727. The molecule has 1 heterocycles. The van der Waals surface area contributed by atoms with E-state index in [9.17, 15) is 0 Å². The number of imidazole rings is 1. The first kappa shape index (κ1) is 8.48. The Hall–Kier alpha value is -0.830. The zero-order valence-electron chi connectivity index (χ0n) is 8.42. The molecule has 1 atom stereocenters. The second kappa shape index (κ2) is 3.09. The van der Waals surface area contributed by atoms with Crippen molar-refractivity contribution in [3.8, 4) is 0 Å². The van der Waals surface area contributed by atoms with Gasteiger partial charge >= 0.3 is 0 Å². The summed E-state index contributed by atoms with van der Waals surface area (Å²) in [6, 6.07) is 0.785. The summed E-state index contributed by atoms with van der Waals surface area (Å²) < 4.78 is 0. The fourth-order valence-electron chi connectivity index (χ4n) is 2.88. The van der Waals surface area contributed by atoms with E-state index in [1.54, 1.807) is 6.33 Å². The van der Waals surface area contributed by atoms with Gasteiger partial charge in [0.15, 0.2) is 0 Å². The lowest BCUT2D eigenvalue weighted by molar-refractivity contribution is 0.467. The van der Waals surface area contributed by atoms with Crippen LogP contribution in [0.1, 0.15) is 37.8 Å². The minimum Gasteiger partial charge on any atom is -0.347 e. The molecule has 1 aromatic rings. The predicted molar refractivity (Wildman–Crippen MR) is 54.7 cm³/mol. The molecule has 0 radical (unpaired) electrons. The lowest BCUT2D eigenvalue weighted by atomic mass is 10.1. The number of nitrogens with one attached hydrogen (secondary N) is 2. The van der Waals surface area contributed by atoms with Crippen LogP contribution in [0.2, 0.25) is 0 Å². The van der Waals surface area contributed by atoms with Gasteiger partial charge in [0.2, 0.25) is 0 Å². The molecule has 1 spiro atoms. The van der Waals surface area contributed by atoms with Crippen molar-refractivity contribution in [2.45, 2.75) is 44.7 Å². The van der Waals surface area contributed by atoms with Crippen molar-refractivity contribution in [1.29, 1.82) is 0 Å². The van der Waals surface area contributed by atoms with Gasteiger partial charge in [0, 0.05) is 24.5 Å². The number of aromatic nitrogens is 2. The van der Waals surface area contributed by atoms with Gasteiger partial charge in [-0.2, -0.15) is 0 Å². The number of hydrogen-bond acceptors (Lipinski definition) is 2. The van der Waals surface area contributed by atoms with Gasteiger partial charge in [-0.3, -0.25) is 0 Å². The summed E-state index contributed by atoms with van der Waals surface area (Å²) in [6.45, 7) is 0.951. The monoisotopic (exact) mass is 191 g/mol. The summed E-state index contributed by atoms with van der Waals surface area (Å²) in [5.74, 6) is 0. The van der Waals surface area contributed by atoms with Gasteiger partial charge in [-0.1, -0.05) is 12.8 Å². The topological polar surface area (TPSA) is 40.7 Å². The van der Waals surface area contributed by atoms with Crippen molar-refractivity contribution in [2.24, 2.45) is 5.41 Å². The summed E-state index contributed by atoms with van der Waals surface area (Å²) >= 11 is 0. The van der Waals surface area contributed by atoms with Crippen molar-refractivity contribution >= 4 is 0 Å². The maximum atomic E-state index is 4.01. The second-order valence-electron chi connectivity index (χ2n) is 4.78.